The molecule has 0 amide bonds. The summed E-state index contributed by atoms with van der Waals surface area (Å²) in [6, 6.07) is 0. The van der Waals surface area contributed by atoms with Crippen molar-refractivity contribution in [3.63, 3.8) is 0 Å². The van der Waals surface area contributed by atoms with E-state index in [0.29, 0.717) is 0 Å². The van der Waals surface area contributed by atoms with Gasteiger partial charge < -0.3 is 4.80 Å². The average Bonchev–Trinajstić information content (AvgIpc) is 2.09. The van der Waals surface area contributed by atoms with Crippen molar-refractivity contribution >= 4 is 24.2 Å². The van der Waals surface area contributed by atoms with Crippen LogP contribution in [0.4, 0.5) is 0 Å². The molecule has 92 valence electrons. The van der Waals surface area contributed by atoms with Gasteiger partial charge in [0.25, 0.3) is 0 Å². The highest BCUT2D eigenvalue weighted by Gasteiger charge is 2.36. The first-order valence-corrected chi connectivity index (χ1v) is 10.2. The molecule has 0 aliphatic heterocycles. The molecule has 0 bridgehead atoms. The first kappa shape index (κ1) is 15.7. The van der Waals surface area contributed by atoms with Crippen LogP contribution in [0.1, 0.15) is 52.4 Å². The molecule has 0 atom stereocenters. The van der Waals surface area contributed by atoms with Crippen LogP contribution in [0.25, 0.3) is 0 Å². The van der Waals surface area contributed by atoms with Gasteiger partial charge in [0.15, 0.2) is 8.32 Å². The van der Waals surface area contributed by atoms with Gasteiger partial charge >= 0.3 is 0 Å². The van der Waals surface area contributed by atoms with E-state index < -0.39 is 8.32 Å². The molecule has 0 unspecified atom stereocenters. The van der Waals surface area contributed by atoms with Crippen LogP contribution in [0.2, 0.25) is 18.1 Å². The van der Waals surface area contributed by atoms with E-state index in [-0.39, 0.29) is 5.04 Å². The second kappa shape index (κ2) is 7.07. The first-order chi connectivity index (χ1) is 6.81. The van der Waals surface area contributed by atoms with Gasteiger partial charge in [-0.05, 0) is 31.0 Å². The Hall–Kier alpha value is 0.657. The van der Waals surface area contributed by atoms with Crippen molar-refractivity contribution in [3.05, 3.63) is 0 Å². The van der Waals surface area contributed by atoms with Crippen molar-refractivity contribution < 1.29 is 4.80 Å². The van der Waals surface area contributed by atoms with E-state index in [1.165, 1.54) is 38.5 Å². The van der Waals surface area contributed by atoms with Crippen LogP contribution < -0.4 is 0 Å². The highest BCUT2D eigenvalue weighted by atomic mass is 79.9. The standard InChI is InChI=1S/C12H27BrOSi/c1-12(2,15(3,4)14)10-8-6-5-7-9-11-13/h14H,5-11H2,1-4H3. The summed E-state index contributed by atoms with van der Waals surface area (Å²) in [7, 11) is -1.97. The van der Waals surface area contributed by atoms with Crippen LogP contribution in [0.15, 0.2) is 0 Å². The van der Waals surface area contributed by atoms with Gasteiger partial charge in [0, 0.05) is 5.33 Å². The molecule has 0 aromatic carbocycles. The molecule has 0 saturated heterocycles. The Kier molecular flexibility index (Phi) is 7.38. The molecule has 0 spiro atoms. The lowest BCUT2D eigenvalue weighted by Gasteiger charge is -2.35. The summed E-state index contributed by atoms with van der Waals surface area (Å²) in [5.41, 5.74) is 0. The van der Waals surface area contributed by atoms with Crippen molar-refractivity contribution in [2.75, 3.05) is 5.33 Å². The zero-order valence-corrected chi connectivity index (χ0v) is 13.4. The molecular formula is C12H27BrOSi. The lowest BCUT2D eigenvalue weighted by atomic mass is 10.0. The molecule has 0 aromatic heterocycles. The van der Waals surface area contributed by atoms with E-state index in [1.807, 2.05) is 0 Å². The van der Waals surface area contributed by atoms with Crippen LogP contribution in [-0.2, 0) is 0 Å². The summed E-state index contributed by atoms with van der Waals surface area (Å²) in [4.78, 5) is 10.1. The minimum atomic E-state index is -1.97. The zero-order valence-electron chi connectivity index (χ0n) is 10.8. The van der Waals surface area contributed by atoms with Crippen molar-refractivity contribution in [1.82, 2.24) is 0 Å². The number of unbranched alkanes of at least 4 members (excludes halogenated alkanes) is 4. The van der Waals surface area contributed by atoms with Gasteiger partial charge in [-0.2, -0.15) is 0 Å². The summed E-state index contributed by atoms with van der Waals surface area (Å²) in [5, 5.41) is 1.30. The molecule has 15 heavy (non-hydrogen) atoms. The van der Waals surface area contributed by atoms with E-state index in [0.717, 1.165) is 5.33 Å². The fourth-order valence-corrected chi connectivity index (χ4v) is 2.68. The second-order valence-corrected chi connectivity index (χ2v) is 10.9. The predicted molar refractivity (Wildman–Crippen MR) is 75.2 cm³/mol. The highest BCUT2D eigenvalue weighted by Crippen LogP contribution is 2.40. The number of rotatable bonds is 8. The lowest BCUT2D eigenvalue weighted by molar-refractivity contribution is 0.434. The Morgan fingerprint density at radius 1 is 1.00 bits per heavy atom. The van der Waals surface area contributed by atoms with E-state index in [4.69, 9.17) is 0 Å². The molecule has 0 fully saturated rings. The quantitative estimate of drug-likeness (QED) is 0.391. The lowest BCUT2D eigenvalue weighted by Crippen LogP contribution is -2.38. The normalized spacial score (nSPS) is 13.2. The number of alkyl halides is 1. The van der Waals surface area contributed by atoms with Crippen molar-refractivity contribution in [2.24, 2.45) is 0 Å². The van der Waals surface area contributed by atoms with E-state index in [2.05, 4.69) is 42.9 Å². The van der Waals surface area contributed by atoms with Crippen molar-refractivity contribution in [2.45, 2.75) is 70.5 Å². The number of halogens is 1. The summed E-state index contributed by atoms with van der Waals surface area (Å²) in [6.45, 7) is 8.55. The fourth-order valence-electron chi connectivity index (χ4n) is 1.50. The summed E-state index contributed by atoms with van der Waals surface area (Å²) in [6.07, 6.45) is 7.74. The monoisotopic (exact) mass is 294 g/mol. The topological polar surface area (TPSA) is 20.2 Å². The smallest absolute Gasteiger partial charge is 0.188 e. The van der Waals surface area contributed by atoms with Crippen molar-refractivity contribution in [3.8, 4) is 0 Å². The molecule has 3 heteroatoms. The van der Waals surface area contributed by atoms with Gasteiger partial charge in [0.1, 0.15) is 0 Å². The largest absolute Gasteiger partial charge is 0.432 e. The summed E-state index contributed by atoms with van der Waals surface area (Å²) in [5.74, 6) is 0. The summed E-state index contributed by atoms with van der Waals surface area (Å²) < 4.78 is 0. The van der Waals surface area contributed by atoms with E-state index in [1.54, 1.807) is 0 Å². The molecule has 0 aliphatic rings. The first-order valence-electron chi connectivity index (χ1n) is 6.09. The van der Waals surface area contributed by atoms with Crippen LogP contribution in [0, 0.1) is 0 Å². The second-order valence-electron chi connectivity index (χ2n) is 5.65. The Balaban J connectivity index is 3.58. The van der Waals surface area contributed by atoms with Crippen LogP contribution in [-0.4, -0.2) is 18.4 Å². The molecule has 0 aromatic rings. The molecule has 0 aliphatic carbocycles. The third kappa shape index (κ3) is 6.75. The Labute approximate surface area is 105 Å². The Bertz CT molecular complexity index is 163. The maximum Gasteiger partial charge on any atom is 0.188 e. The predicted octanol–water partition coefficient (Wildman–Crippen LogP) is 4.70. The highest BCUT2D eigenvalue weighted by molar-refractivity contribution is 9.09. The molecule has 1 N–H and O–H groups in total. The molecule has 0 saturated carbocycles. The van der Waals surface area contributed by atoms with Crippen LogP contribution in [0.3, 0.4) is 0 Å². The van der Waals surface area contributed by atoms with Gasteiger partial charge in [-0.3, -0.25) is 0 Å². The van der Waals surface area contributed by atoms with Gasteiger partial charge in [-0.15, -0.1) is 0 Å². The van der Waals surface area contributed by atoms with Gasteiger partial charge in [-0.25, -0.2) is 0 Å². The van der Waals surface area contributed by atoms with Crippen LogP contribution >= 0.6 is 15.9 Å². The Morgan fingerprint density at radius 3 is 1.93 bits per heavy atom. The van der Waals surface area contributed by atoms with Gasteiger partial charge in [-0.1, -0.05) is 55.5 Å². The molecule has 0 heterocycles. The van der Waals surface area contributed by atoms with Gasteiger partial charge in [0.2, 0.25) is 0 Å². The van der Waals surface area contributed by atoms with E-state index >= 15 is 0 Å². The maximum absolute atomic E-state index is 10.1. The average molecular weight is 295 g/mol. The molecule has 0 radical (unpaired) electrons. The minimum Gasteiger partial charge on any atom is -0.432 e. The number of hydrogen-bond donors (Lipinski definition) is 1. The third-order valence-electron chi connectivity index (χ3n) is 3.59. The maximum atomic E-state index is 10.1. The Morgan fingerprint density at radius 2 is 1.47 bits per heavy atom. The van der Waals surface area contributed by atoms with E-state index in [9.17, 15) is 4.80 Å². The zero-order chi connectivity index (χ0) is 11.9. The molecular weight excluding hydrogens is 268 g/mol. The number of hydrogen-bond acceptors (Lipinski definition) is 1. The summed E-state index contributed by atoms with van der Waals surface area (Å²) >= 11 is 3.45. The molecule has 1 nitrogen and oxygen atoms in total. The fraction of sp³-hybridized carbons (Fsp3) is 1.00. The van der Waals surface area contributed by atoms with Gasteiger partial charge in [0.05, 0.1) is 0 Å². The third-order valence-corrected chi connectivity index (χ3v) is 7.71. The van der Waals surface area contributed by atoms with Crippen molar-refractivity contribution in [1.29, 1.82) is 0 Å². The molecule has 0 rings (SSSR count). The SMILES string of the molecule is CC(C)(CCCCCCCBr)[Si](C)(C)O. The van der Waals surface area contributed by atoms with Crippen LogP contribution in [0.5, 0.6) is 0 Å². The minimum absolute atomic E-state index is 0.169.